The first kappa shape index (κ1) is 26.8. The lowest BCUT2D eigenvalue weighted by Crippen LogP contribution is -2.56. The molecular formula is C24H40BrN3O4S. The molecule has 3 aliphatic rings. The van der Waals surface area contributed by atoms with Crippen LogP contribution in [-0.4, -0.2) is 74.3 Å². The van der Waals surface area contributed by atoms with Crippen LogP contribution in [0.25, 0.3) is 0 Å². The summed E-state index contributed by atoms with van der Waals surface area (Å²) in [5.41, 5.74) is 0. The van der Waals surface area contributed by atoms with Gasteiger partial charge in [-0.05, 0) is 39.0 Å². The van der Waals surface area contributed by atoms with Gasteiger partial charge in [0.2, 0.25) is 17.7 Å². The van der Waals surface area contributed by atoms with Gasteiger partial charge in [0, 0.05) is 35.8 Å². The number of nitrogens with zero attached hydrogens (tertiary/aromatic N) is 1. The predicted molar refractivity (Wildman–Crippen MR) is 135 cm³/mol. The predicted octanol–water partition coefficient (Wildman–Crippen LogP) is 2.83. The third-order valence-corrected chi connectivity index (χ3v) is 10.5. The van der Waals surface area contributed by atoms with Gasteiger partial charge in [-0.2, -0.15) is 0 Å². The highest BCUT2D eigenvalue weighted by atomic mass is 79.9. The molecule has 9 heteroatoms. The zero-order chi connectivity index (χ0) is 24.2. The number of rotatable bonds is 13. The molecule has 0 aromatic heterocycles. The van der Waals surface area contributed by atoms with E-state index < -0.39 is 22.6 Å². The Balaban J connectivity index is 1.87. The monoisotopic (exact) mass is 545 g/mol. The Kier molecular flexibility index (Phi) is 9.55. The number of hydrogen-bond acceptors (Lipinski definition) is 5. The number of thioether (sulfide) groups is 1. The minimum absolute atomic E-state index is 0.00544. The highest BCUT2D eigenvalue weighted by molar-refractivity contribution is 9.09. The van der Waals surface area contributed by atoms with E-state index in [4.69, 9.17) is 5.11 Å². The van der Waals surface area contributed by atoms with Gasteiger partial charge in [0.05, 0.1) is 16.6 Å². The summed E-state index contributed by atoms with van der Waals surface area (Å²) in [5.74, 6) is -1.03. The molecule has 7 nitrogen and oxygen atoms in total. The van der Waals surface area contributed by atoms with Crippen molar-refractivity contribution in [1.82, 2.24) is 15.5 Å². The van der Waals surface area contributed by atoms with Crippen molar-refractivity contribution in [2.24, 2.45) is 11.8 Å². The van der Waals surface area contributed by atoms with E-state index in [1.807, 2.05) is 13.8 Å². The fourth-order valence-electron chi connectivity index (χ4n) is 5.91. The number of amides is 3. The molecule has 188 valence electrons. The number of alkyl halides is 1. The fourth-order valence-corrected chi connectivity index (χ4v) is 9.52. The number of carbonyl (C=O) groups excluding carboxylic acids is 3. The van der Waals surface area contributed by atoms with E-state index in [0.29, 0.717) is 13.1 Å². The smallest absolute Gasteiger partial charge is 0.244 e. The normalized spacial score (nSPS) is 33.3. The van der Waals surface area contributed by atoms with Crippen LogP contribution >= 0.6 is 27.7 Å². The van der Waals surface area contributed by atoms with Gasteiger partial charge in [0.15, 0.2) is 0 Å². The first-order valence-corrected chi connectivity index (χ1v) is 14.4. The molecule has 33 heavy (non-hydrogen) atoms. The third-order valence-electron chi connectivity index (χ3n) is 7.31. The van der Waals surface area contributed by atoms with Crippen LogP contribution in [0, 0.1) is 11.8 Å². The van der Waals surface area contributed by atoms with Crippen LogP contribution < -0.4 is 10.6 Å². The van der Waals surface area contributed by atoms with E-state index in [-0.39, 0.29) is 40.4 Å². The molecule has 0 aromatic carbocycles. The second-order valence-corrected chi connectivity index (χ2v) is 12.5. The molecule has 3 saturated heterocycles. The quantitative estimate of drug-likeness (QED) is 0.244. The summed E-state index contributed by atoms with van der Waals surface area (Å²) in [6.45, 7) is 7.42. The molecule has 1 spiro atoms. The molecule has 2 bridgehead atoms. The summed E-state index contributed by atoms with van der Waals surface area (Å²) in [7, 11) is 0. The Morgan fingerprint density at radius 3 is 2.61 bits per heavy atom. The molecule has 3 N–H and O–H groups in total. The lowest BCUT2D eigenvalue weighted by atomic mass is 9.70. The van der Waals surface area contributed by atoms with Crippen molar-refractivity contribution in [1.29, 1.82) is 0 Å². The second-order valence-electron chi connectivity index (χ2n) is 9.82. The van der Waals surface area contributed by atoms with Gasteiger partial charge in [-0.25, -0.2) is 0 Å². The van der Waals surface area contributed by atoms with E-state index in [0.717, 1.165) is 51.4 Å². The van der Waals surface area contributed by atoms with Crippen molar-refractivity contribution in [3.05, 3.63) is 0 Å². The van der Waals surface area contributed by atoms with Gasteiger partial charge in [-0.3, -0.25) is 14.4 Å². The van der Waals surface area contributed by atoms with Gasteiger partial charge < -0.3 is 20.6 Å². The van der Waals surface area contributed by atoms with Crippen LogP contribution in [-0.2, 0) is 14.4 Å². The number of carbonyl (C=O) groups is 3. The second kappa shape index (κ2) is 11.8. The lowest BCUT2D eigenvalue weighted by Gasteiger charge is -2.36. The third kappa shape index (κ3) is 5.25. The maximum Gasteiger partial charge on any atom is 0.244 e. The van der Waals surface area contributed by atoms with E-state index in [9.17, 15) is 14.4 Å². The zero-order valence-corrected chi connectivity index (χ0v) is 22.6. The Labute approximate surface area is 210 Å². The van der Waals surface area contributed by atoms with Crippen molar-refractivity contribution in [2.45, 2.75) is 99.0 Å². The number of halogens is 1. The molecule has 7 atom stereocenters. The Morgan fingerprint density at radius 2 is 1.94 bits per heavy atom. The molecule has 3 fully saturated rings. The highest BCUT2D eigenvalue weighted by Gasteiger charge is 2.75. The molecule has 3 amide bonds. The van der Waals surface area contributed by atoms with Crippen molar-refractivity contribution in [2.75, 3.05) is 19.7 Å². The minimum atomic E-state index is -0.564. The molecule has 0 radical (unpaired) electrons. The van der Waals surface area contributed by atoms with Crippen LogP contribution in [0.15, 0.2) is 0 Å². The van der Waals surface area contributed by atoms with E-state index in [1.165, 1.54) is 0 Å². The van der Waals surface area contributed by atoms with Crippen LogP contribution in [0.3, 0.4) is 0 Å². The number of aliphatic hydroxyl groups excluding tert-OH is 1. The van der Waals surface area contributed by atoms with Crippen LogP contribution in [0.1, 0.15) is 72.1 Å². The topological polar surface area (TPSA) is 98.7 Å². The summed E-state index contributed by atoms with van der Waals surface area (Å²) < 4.78 is -0.564. The van der Waals surface area contributed by atoms with Crippen molar-refractivity contribution in [3.63, 3.8) is 0 Å². The largest absolute Gasteiger partial charge is 0.396 e. The highest BCUT2D eigenvalue weighted by Crippen LogP contribution is 2.67. The molecule has 3 heterocycles. The van der Waals surface area contributed by atoms with Crippen LogP contribution in [0.5, 0.6) is 0 Å². The SMILES string of the molecule is CCCNC(=O)[C@H]1[C@@H]2SC3(CC2Br)C(C(=O)NC(C)CCC)N(CCCCCCO)C(=O)[C@H]13. The van der Waals surface area contributed by atoms with Crippen molar-refractivity contribution in [3.8, 4) is 0 Å². The minimum Gasteiger partial charge on any atom is -0.396 e. The van der Waals surface area contributed by atoms with E-state index in [2.05, 4.69) is 33.5 Å². The number of unbranched alkanes of at least 4 members (excludes halogenated alkanes) is 3. The van der Waals surface area contributed by atoms with Crippen LogP contribution in [0.4, 0.5) is 0 Å². The Bertz CT molecular complexity index is 726. The summed E-state index contributed by atoms with van der Waals surface area (Å²) in [4.78, 5) is 42.5. The Morgan fingerprint density at radius 1 is 1.21 bits per heavy atom. The molecule has 3 aliphatic heterocycles. The molecular weight excluding hydrogens is 506 g/mol. The summed E-state index contributed by atoms with van der Waals surface area (Å²) in [6, 6.07) is -0.502. The van der Waals surface area contributed by atoms with Gasteiger partial charge in [-0.1, -0.05) is 49.0 Å². The molecule has 0 saturated carbocycles. The first-order chi connectivity index (χ1) is 15.8. The Hall–Kier alpha value is -0.800. The maximum absolute atomic E-state index is 13.8. The van der Waals surface area contributed by atoms with Gasteiger partial charge in [0.25, 0.3) is 0 Å². The van der Waals surface area contributed by atoms with Gasteiger partial charge in [-0.15, -0.1) is 11.8 Å². The average Bonchev–Trinajstić information content (AvgIpc) is 3.35. The van der Waals surface area contributed by atoms with Crippen molar-refractivity contribution < 1.29 is 19.5 Å². The average molecular weight is 547 g/mol. The van der Waals surface area contributed by atoms with Crippen LogP contribution in [0.2, 0.25) is 0 Å². The van der Waals surface area contributed by atoms with Gasteiger partial charge in [0.1, 0.15) is 6.04 Å². The number of aliphatic hydroxyl groups is 1. The first-order valence-electron chi connectivity index (χ1n) is 12.6. The van der Waals surface area contributed by atoms with Gasteiger partial charge >= 0.3 is 0 Å². The number of hydrogen-bond donors (Lipinski definition) is 3. The molecule has 0 aromatic rings. The summed E-state index contributed by atoms with van der Waals surface area (Å²) in [6.07, 6.45) is 6.79. The number of likely N-dealkylation sites (tertiary alicyclic amines) is 1. The summed E-state index contributed by atoms with van der Waals surface area (Å²) >= 11 is 5.49. The standard InChI is InChI=1S/C24H40BrN3O4S/c1-4-10-15(3)27-22(31)20-24-14-16(25)19(33-24)17(21(30)26-11-5-2)18(24)23(32)28(20)12-8-6-7-9-13-29/h15-20,29H,4-14H2,1-3H3,(H,26,30)(H,27,31)/t15?,16?,17-,18+,19-,20?,24?/m1/s1. The fraction of sp³-hybridized carbons (Fsp3) is 0.875. The zero-order valence-electron chi connectivity index (χ0n) is 20.1. The van der Waals surface area contributed by atoms with E-state index >= 15 is 0 Å². The summed E-state index contributed by atoms with van der Waals surface area (Å²) in [5, 5.41) is 15.2. The molecule has 3 rings (SSSR count). The maximum atomic E-state index is 13.8. The van der Waals surface area contributed by atoms with E-state index in [1.54, 1.807) is 16.7 Å². The van der Waals surface area contributed by atoms with Crippen molar-refractivity contribution >= 4 is 45.4 Å². The lowest BCUT2D eigenvalue weighted by molar-refractivity contribution is -0.140. The molecule has 4 unspecified atom stereocenters. The number of fused-ring (bicyclic) bond motifs is 1. The molecule has 0 aliphatic carbocycles. The number of nitrogens with one attached hydrogen (secondary N) is 2.